The maximum absolute atomic E-state index is 14.0. The van der Waals surface area contributed by atoms with Gasteiger partial charge in [-0.2, -0.15) is 0 Å². The molecule has 0 spiro atoms. The Balaban J connectivity index is 2.33. The Labute approximate surface area is 116 Å². The third-order valence-electron chi connectivity index (χ3n) is 3.08. The van der Waals surface area contributed by atoms with E-state index in [0.29, 0.717) is 17.8 Å². The van der Waals surface area contributed by atoms with Gasteiger partial charge in [-0.1, -0.05) is 12.1 Å². The van der Waals surface area contributed by atoms with E-state index in [1.165, 1.54) is 6.07 Å². The molecule has 3 nitrogen and oxygen atoms in total. The van der Waals surface area contributed by atoms with Crippen LogP contribution in [0.25, 0.3) is 0 Å². The molecule has 1 atom stereocenters. The summed E-state index contributed by atoms with van der Waals surface area (Å²) < 4.78 is 14.0. The average Bonchev–Trinajstić information content (AvgIpc) is 2.74. The summed E-state index contributed by atoms with van der Waals surface area (Å²) in [5.74, 6) is -0.317. The van der Waals surface area contributed by atoms with Gasteiger partial charge in [-0.25, -0.2) is 9.37 Å². The topological polar surface area (TPSA) is 36.4 Å². The second kappa shape index (κ2) is 5.67. The van der Waals surface area contributed by atoms with Gasteiger partial charge < -0.3 is 10.0 Å². The minimum absolute atomic E-state index is 0.317. The van der Waals surface area contributed by atoms with Crippen LogP contribution in [-0.2, 0) is 6.54 Å². The average molecular weight is 280 g/mol. The van der Waals surface area contributed by atoms with Crippen molar-refractivity contribution in [2.75, 3.05) is 11.9 Å². The number of hydrogen-bond acceptors (Lipinski definition) is 4. The monoisotopic (exact) mass is 280 g/mol. The molecule has 2 aromatic rings. The molecule has 0 amide bonds. The van der Waals surface area contributed by atoms with Gasteiger partial charge >= 0.3 is 0 Å². The van der Waals surface area contributed by atoms with Gasteiger partial charge in [0.15, 0.2) is 0 Å². The second-order valence-electron chi connectivity index (χ2n) is 4.57. The van der Waals surface area contributed by atoms with Crippen LogP contribution in [-0.4, -0.2) is 17.1 Å². The number of rotatable bonds is 4. The highest BCUT2D eigenvalue weighted by Crippen LogP contribution is 2.30. The number of aliphatic hydroxyl groups is 1. The normalized spacial score (nSPS) is 12.5. The van der Waals surface area contributed by atoms with Gasteiger partial charge in [0, 0.05) is 17.5 Å². The fraction of sp³-hybridized carbons (Fsp3) is 0.357. The quantitative estimate of drug-likeness (QED) is 0.933. The molecule has 1 aromatic heterocycles. The molecule has 5 heteroatoms. The van der Waals surface area contributed by atoms with Crippen molar-refractivity contribution < 1.29 is 9.50 Å². The highest BCUT2D eigenvalue weighted by molar-refractivity contribution is 7.09. The molecule has 0 fully saturated rings. The number of nitrogens with zero attached hydrogens (tertiary/aromatic N) is 2. The maximum atomic E-state index is 14.0. The molecule has 0 aliphatic rings. The minimum atomic E-state index is -0.698. The van der Waals surface area contributed by atoms with Crippen molar-refractivity contribution in [1.29, 1.82) is 0 Å². The predicted molar refractivity (Wildman–Crippen MR) is 76.0 cm³/mol. The predicted octanol–water partition coefficient (Wildman–Crippen LogP) is 3.28. The van der Waals surface area contributed by atoms with Gasteiger partial charge in [0.25, 0.3) is 0 Å². The molecule has 2 rings (SSSR count). The SMILES string of the molecule is Cc1ncsc1CN(C)c1c(F)cccc1[C@@H](C)O. The Morgan fingerprint density at radius 3 is 2.79 bits per heavy atom. The fourth-order valence-corrected chi connectivity index (χ4v) is 2.87. The molecular formula is C14H17FN2OS. The number of thiazole rings is 1. The van der Waals surface area contributed by atoms with Crippen molar-refractivity contribution in [2.24, 2.45) is 0 Å². The summed E-state index contributed by atoms with van der Waals surface area (Å²) in [5.41, 5.74) is 3.80. The standard InChI is InChI=1S/C14H17FN2OS/c1-9-13(19-8-16-9)7-17(3)14-11(10(2)18)5-4-6-12(14)15/h4-6,8,10,18H,7H2,1-3H3/t10-/m1/s1. The number of aryl methyl sites for hydroxylation is 1. The molecule has 0 bridgehead atoms. The van der Waals surface area contributed by atoms with Crippen molar-refractivity contribution in [3.8, 4) is 0 Å². The molecule has 0 radical (unpaired) electrons. The maximum Gasteiger partial charge on any atom is 0.146 e. The van der Waals surface area contributed by atoms with E-state index in [1.807, 2.05) is 18.9 Å². The van der Waals surface area contributed by atoms with Crippen LogP contribution < -0.4 is 4.90 Å². The molecular weight excluding hydrogens is 263 g/mol. The molecule has 0 unspecified atom stereocenters. The van der Waals surface area contributed by atoms with Crippen LogP contribution in [0.2, 0.25) is 0 Å². The zero-order valence-corrected chi connectivity index (χ0v) is 12.0. The Kier molecular flexibility index (Phi) is 4.17. The first-order valence-electron chi connectivity index (χ1n) is 6.07. The number of anilines is 1. The van der Waals surface area contributed by atoms with Gasteiger partial charge in [-0.15, -0.1) is 11.3 Å². The molecule has 1 heterocycles. The van der Waals surface area contributed by atoms with E-state index in [-0.39, 0.29) is 5.82 Å². The molecule has 0 saturated heterocycles. The second-order valence-corrected chi connectivity index (χ2v) is 5.51. The van der Waals surface area contributed by atoms with Crippen LogP contribution in [0.5, 0.6) is 0 Å². The highest BCUT2D eigenvalue weighted by atomic mass is 32.1. The Morgan fingerprint density at radius 1 is 1.47 bits per heavy atom. The van der Waals surface area contributed by atoms with Gasteiger partial charge in [-0.3, -0.25) is 0 Å². The molecule has 0 aliphatic heterocycles. The first kappa shape index (κ1) is 14.0. The fourth-order valence-electron chi connectivity index (χ4n) is 2.04. The van der Waals surface area contributed by atoms with Gasteiger partial charge in [0.05, 0.1) is 29.5 Å². The van der Waals surface area contributed by atoms with E-state index < -0.39 is 6.10 Å². The smallest absolute Gasteiger partial charge is 0.146 e. The number of para-hydroxylation sites is 1. The Morgan fingerprint density at radius 2 is 2.21 bits per heavy atom. The lowest BCUT2D eigenvalue weighted by Gasteiger charge is -2.23. The third kappa shape index (κ3) is 2.93. The molecule has 19 heavy (non-hydrogen) atoms. The van der Waals surface area contributed by atoms with Crippen molar-refractivity contribution in [2.45, 2.75) is 26.5 Å². The van der Waals surface area contributed by atoms with Crippen LogP contribution >= 0.6 is 11.3 Å². The van der Waals surface area contributed by atoms with Crippen LogP contribution in [0.15, 0.2) is 23.7 Å². The summed E-state index contributed by atoms with van der Waals surface area (Å²) in [6.45, 7) is 4.16. The lowest BCUT2D eigenvalue weighted by Crippen LogP contribution is -2.20. The van der Waals surface area contributed by atoms with Gasteiger partial charge in [0.2, 0.25) is 0 Å². The summed E-state index contributed by atoms with van der Waals surface area (Å²) in [6, 6.07) is 4.78. The van der Waals surface area contributed by atoms with E-state index in [4.69, 9.17) is 0 Å². The van der Waals surface area contributed by atoms with Gasteiger partial charge in [-0.05, 0) is 19.9 Å². The number of aromatic nitrogens is 1. The van der Waals surface area contributed by atoms with Gasteiger partial charge in [0.1, 0.15) is 5.82 Å². The third-order valence-corrected chi connectivity index (χ3v) is 4.00. The lowest BCUT2D eigenvalue weighted by molar-refractivity contribution is 0.199. The molecule has 1 aromatic carbocycles. The van der Waals surface area contributed by atoms with Crippen LogP contribution in [0.3, 0.4) is 0 Å². The van der Waals surface area contributed by atoms with Crippen LogP contribution in [0, 0.1) is 12.7 Å². The van der Waals surface area contributed by atoms with Crippen molar-refractivity contribution in [1.82, 2.24) is 4.98 Å². The summed E-state index contributed by atoms with van der Waals surface area (Å²) >= 11 is 1.55. The van der Waals surface area contributed by atoms with E-state index in [2.05, 4.69) is 4.98 Å². The summed E-state index contributed by atoms with van der Waals surface area (Å²) in [7, 11) is 1.82. The van der Waals surface area contributed by atoms with E-state index >= 15 is 0 Å². The zero-order chi connectivity index (χ0) is 14.0. The van der Waals surface area contributed by atoms with Crippen molar-refractivity contribution >= 4 is 17.0 Å². The van der Waals surface area contributed by atoms with Crippen molar-refractivity contribution in [3.05, 3.63) is 45.7 Å². The first-order valence-corrected chi connectivity index (χ1v) is 6.95. The van der Waals surface area contributed by atoms with Crippen LogP contribution in [0.1, 0.15) is 29.2 Å². The lowest BCUT2D eigenvalue weighted by atomic mass is 10.1. The van der Waals surface area contributed by atoms with E-state index in [0.717, 1.165) is 10.6 Å². The molecule has 102 valence electrons. The number of aliphatic hydroxyl groups excluding tert-OH is 1. The molecule has 1 N–H and O–H groups in total. The Bertz CT molecular complexity index is 568. The molecule has 0 aliphatic carbocycles. The number of hydrogen-bond donors (Lipinski definition) is 1. The highest BCUT2D eigenvalue weighted by Gasteiger charge is 2.17. The first-order chi connectivity index (χ1) is 9.00. The van der Waals surface area contributed by atoms with E-state index in [9.17, 15) is 9.50 Å². The molecule has 0 saturated carbocycles. The van der Waals surface area contributed by atoms with Crippen molar-refractivity contribution in [3.63, 3.8) is 0 Å². The minimum Gasteiger partial charge on any atom is -0.389 e. The Hall–Kier alpha value is -1.46. The zero-order valence-electron chi connectivity index (χ0n) is 11.2. The number of halogens is 1. The summed E-state index contributed by atoms with van der Waals surface area (Å²) in [5, 5.41) is 9.76. The number of benzene rings is 1. The van der Waals surface area contributed by atoms with Crippen LogP contribution in [0.4, 0.5) is 10.1 Å². The summed E-state index contributed by atoms with van der Waals surface area (Å²) in [6.07, 6.45) is -0.698. The summed E-state index contributed by atoms with van der Waals surface area (Å²) in [4.78, 5) is 7.11. The largest absolute Gasteiger partial charge is 0.389 e. The van der Waals surface area contributed by atoms with E-state index in [1.54, 1.807) is 35.9 Å².